The number of H-pyrrole nitrogens is 1. The second kappa shape index (κ2) is 4.59. The van der Waals surface area contributed by atoms with Crippen LogP contribution in [0.4, 0.5) is 0 Å². The van der Waals surface area contributed by atoms with Crippen LogP contribution >= 0.6 is 0 Å². The molecular formula is C13H17N3O. The second-order valence-electron chi connectivity index (χ2n) is 4.17. The summed E-state index contributed by atoms with van der Waals surface area (Å²) < 4.78 is 0. The number of nitrogens with one attached hydrogen (secondary N) is 2. The fourth-order valence-corrected chi connectivity index (χ4v) is 2.06. The lowest BCUT2D eigenvalue weighted by Crippen LogP contribution is -2.29. The molecule has 1 aromatic heterocycles. The highest BCUT2D eigenvalue weighted by Crippen LogP contribution is 2.24. The van der Waals surface area contributed by atoms with Gasteiger partial charge in [0, 0.05) is 29.7 Å². The molecule has 0 saturated carbocycles. The van der Waals surface area contributed by atoms with Crippen molar-refractivity contribution >= 4 is 16.8 Å². The summed E-state index contributed by atoms with van der Waals surface area (Å²) in [5.74, 6) is -0.0650. The summed E-state index contributed by atoms with van der Waals surface area (Å²) in [6, 6.07) is 5.95. The van der Waals surface area contributed by atoms with E-state index in [-0.39, 0.29) is 5.91 Å². The molecule has 0 aliphatic heterocycles. The van der Waals surface area contributed by atoms with Crippen LogP contribution in [0.3, 0.4) is 0 Å². The summed E-state index contributed by atoms with van der Waals surface area (Å²) in [6.45, 7) is 4.89. The van der Waals surface area contributed by atoms with Crippen molar-refractivity contribution in [1.29, 1.82) is 0 Å². The first-order chi connectivity index (χ1) is 8.15. The number of carbonyl (C=O) groups excluding carboxylic acids is 1. The van der Waals surface area contributed by atoms with E-state index in [0.29, 0.717) is 13.1 Å². The predicted octanol–water partition coefficient (Wildman–Crippen LogP) is 1.47. The molecule has 2 aromatic rings. The number of carbonyl (C=O) groups is 1. The predicted molar refractivity (Wildman–Crippen MR) is 69.2 cm³/mol. The first kappa shape index (κ1) is 11.7. The van der Waals surface area contributed by atoms with Crippen LogP contribution in [0.25, 0.3) is 10.9 Å². The van der Waals surface area contributed by atoms with Gasteiger partial charge in [-0.05, 0) is 19.4 Å². The maximum Gasteiger partial charge on any atom is 0.253 e. The summed E-state index contributed by atoms with van der Waals surface area (Å²) in [5, 5.41) is 3.77. The molecule has 0 fully saturated rings. The van der Waals surface area contributed by atoms with Crippen molar-refractivity contribution in [2.75, 3.05) is 13.1 Å². The zero-order valence-electron chi connectivity index (χ0n) is 10.1. The summed E-state index contributed by atoms with van der Waals surface area (Å²) in [5.41, 5.74) is 9.17. The molecule has 90 valence electrons. The van der Waals surface area contributed by atoms with Gasteiger partial charge in [-0.25, -0.2) is 0 Å². The Balaban J connectivity index is 2.50. The van der Waals surface area contributed by atoms with Crippen LogP contribution in [0.1, 0.15) is 21.6 Å². The minimum atomic E-state index is -0.0650. The lowest BCUT2D eigenvalue weighted by atomic mass is 10.1. The van der Waals surface area contributed by atoms with Crippen molar-refractivity contribution in [1.82, 2.24) is 10.3 Å². The van der Waals surface area contributed by atoms with E-state index in [9.17, 15) is 4.79 Å². The van der Waals surface area contributed by atoms with Crippen molar-refractivity contribution in [3.05, 3.63) is 35.0 Å². The first-order valence-corrected chi connectivity index (χ1v) is 5.71. The van der Waals surface area contributed by atoms with Gasteiger partial charge in [-0.2, -0.15) is 0 Å². The standard InChI is InChI=1S/C13H17N3O/c1-8-4-3-5-10-11(9(2)16-12(8)10)13(17)15-7-6-14/h3-5,16H,6-7,14H2,1-2H3,(H,15,17). The van der Waals surface area contributed by atoms with Crippen molar-refractivity contribution in [2.24, 2.45) is 5.73 Å². The topological polar surface area (TPSA) is 70.9 Å². The van der Waals surface area contributed by atoms with E-state index >= 15 is 0 Å². The number of amides is 1. The lowest BCUT2D eigenvalue weighted by Gasteiger charge is -2.03. The number of aromatic amines is 1. The molecule has 2 rings (SSSR count). The van der Waals surface area contributed by atoms with Crippen LogP contribution in [-0.2, 0) is 0 Å². The van der Waals surface area contributed by atoms with E-state index in [1.165, 1.54) is 0 Å². The Hall–Kier alpha value is -1.81. The number of rotatable bonds is 3. The Morgan fingerprint density at radius 2 is 2.18 bits per heavy atom. The average molecular weight is 231 g/mol. The second-order valence-corrected chi connectivity index (χ2v) is 4.17. The number of hydrogen-bond acceptors (Lipinski definition) is 2. The Morgan fingerprint density at radius 3 is 2.88 bits per heavy atom. The molecule has 1 aromatic carbocycles. The Labute approximate surface area is 100 Å². The normalized spacial score (nSPS) is 10.8. The number of para-hydroxylation sites is 1. The van der Waals surface area contributed by atoms with Gasteiger partial charge in [-0.1, -0.05) is 18.2 Å². The molecule has 0 aliphatic rings. The monoisotopic (exact) mass is 231 g/mol. The molecule has 4 heteroatoms. The maximum absolute atomic E-state index is 12.0. The van der Waals surface area contributed by atoms with Crippen molar-refractivity contribution in [3.8, 4) is 0 Å². The summed E-state index contributed by atoms with van der Waals surface area (Å²) >= 11 is 0. The summed E-state index contributed by atoms with van der Waals surface area (Å²) in [4.78, 5) is 15.3. The van der Waals surface area contributed by atoms with E-state index in [1.807, 2.05) is 32.0 Å². The van der Waals surface area contributed by atoms with Crippen LogP contribution in [0.5, 0.6) is 0 Å². The Morgan fingerprint density at radius 1 is 1.41 bits per heavy atom. The first-order valence-electron chi connectivity index (χ1n) is 5.71. The third kappa shape index (κ3) is 2.03. The number of aryl methyl sites for hydroxylation is 2. The van der Waals surface area contributed by atoms with Gasteiger partial charge in [-0.3, -0.25) is 4.79 Å². The average Bonchev–Trinajstić information content (AvgIpc) is 2.64. The number of fused-ring (bicyclic) bond motifs is 1. The highest BCUT2D eigenvalue weighted by molar-refractivity contribution is 6.08. The lowest BCUT2D eigenvalue weighted by molar-refractivity contribution is 0.0956. The number of benzene rings is 1. The summed E-state index contributed by atoms with van der Waals surface area (Å²) in [7, 11) is 0. The third-order valence-electron chi connectivity index (χ3n) is 2.89. The molecule has 4 N–H and O–H groups in total. The highest BCUT2D eigenvalue weighted by atomic mass is 16.1. The molecule has 0 atom stereocenters. The fourth-order valence-electron chi connectivity index (χ4n) is 2.06. The van der Waals surface area contributed by atoms with Gasteiger partial charge >= 0.3 is 0 Å². The molecule has 0 saturated heterocycles. The van der Waals surface area contributed by atoms with Crippen molar-refractivity contribution in [3.63, 3.8) is 0 Å². The van der Waals surface area contributed by atoms with E-state index in [1.54, 1.807) is 0 Å². The number of aromatic nitrogens is 1. The maximum atomic E-state index is 12.0. The summed E-state index contributed by atoms with van der Waals surface area (Å²) in [6.07, 6.45) is 0. The van der Waals surface area contributed by atoms with Crippen molar-refractivity contribution in [2.45, 2.75) is 13.8 Å². The number of hydrogen-bond donors (Lipinski definition) is 3. The largest absolute Gasteiger partial charge is 0.358 e. The highest BCUT2D eigenvalue weighted by Gasteiger charge is 2.15. The van der Waals surface area contributed by atoms with Gasteiger partial charge in [0.05, 0.1) is 5.56 Å². The fraction of sp³-hybridized carbons (Fsp3) is 0.308. The SMILES string of the molecule is Cc1[nH]c2c(C)cccc2c1C(=O)NCCN. The molecule has 1 amide bonds. The van der Waals surface area contributed by atoms with Crippen LogP contribution < -0.4 is 11.1 Å². The minimum Gasteiger partial charge on any atom is -0.358 e. The van der Waals surface area contributed by atoms with Crippen molar-refractivity contribution < 1.29 is 4.79 Å². The van der Waals surface area contributed by atoms with Crippen LogP contribution in [0, 0.1) is 13.8 Å². The van der Waals surface area contributed by atoms with Gasteiger partial charge in [0.15, 0.2) is 0 Å². The molecule has 1 heterocycles. The van der Waals surface area contributed by atoms with E-state index in [0.717, 1.165) is 27.7 Å². The van der Waals surface area contributed by atoms with E-state index in [4.69, 9.17) is 5.73 Å². The molecule has 0 spiro atoms. The van der Waals surface area contributed by atoms with Crippen LogP contribution in [0.15, 0.2) is 18.2 Å². The smallest absolute Gasteiger partial charge is 0.253 e. The van der Waals surface area contributed by atoms with Gasteiger partial charge in [0.25, 0.3) is 5.91 Å². The van der Waals surface area contributed by atoms with Crippen LogP contribution in [-0.4, -0.2) is 24.0 Å². The van der Waals surface area contributed by atoms with Gasteiger partial charge in [0.1, 0.15) is 0 Å². The molecule has 4 nitrogen and oxygen atoms in total. The van der Waals surface area contributed by atoms with Gasteiger partial charge in [0.2, 0.25) is 0 Å². The zero-order chi connectivity index (χ0) is 12.4. The Bertz CT molecular complexity index is 557. The quantitative estimate of drug-likeness (QED) is 0.748. The molecule has 0 aliphatic carbocycles. The molecule has 0 radical (unpaired) electrons. The van der Waals surface area contributed by atoms with Crippen LogP contribution in [0.2, 0.25) is 0 Å². The molecule has 17 heavy (non-hydrogen) atoms. The minimum absolute atomic E-state index is 0.0650. The Kier molecular flexibility index (Phi) is 3.15. The number of nitrogens with two attached hydrogens (primary N) is 1. The third-order valence-corrected chi connectivity index (χ3v) is 2.89. The molecular weight excluding hydrogens is 214 g/mol. The van der Waals surface area contributed by atoms with Gasteiger partial charge < -0.3 is 16.0 Å². The van der Waals surface area contributed by atoms with Gasteiger partial charge in [-0.15, -0.1) is 0 Å². The van der Waals surface area contributed by atoms with E-state index < -0.39 is 0 Å². The molecule has 0 bridgehead atoms. The molecule has 0 unspecified atom stereocenters. The zero-order valence-corrected chi connectivity index (χ0v) is 10.1. The van der Waals surface area contributed by atoms with E-state index in [2.05, 4.69) is 10.3 Å².